The highest BCUT2D eigenvalue weighted by Crippen LogP contribution is 2.17. The summed E-state index contributed by atoms with van der Waals surface area (Å²) >= 11 is 4.02. The summed E-state index contributed by atoms with van der Waals surface area (Å²) in [5, 5.41) is 13.9. The van der Waals surface area contributed by atoms with Crippen molar-refractivity contribution in [3.63, 3.8) is 0 Å². The van der Waals surface area contributed by atoms with Crippen molar-refractivity contribution < 1.29 is 43.3 Å². The van der Waals surface area contributed by atoms with Crippen LogP contribution in [0, 0.1) is 0 Å². The van der Waals surface area contributed by atoms with Gasteiger partial charge in [-0.2, -0.15) is 12.6 Å². The van der Waals surface area contributed by atoms with Crippen molar-refractivity contribution in [2.24, 2.45) is 5.73 Å². The number of thiol groups is 1. The van der Waals surface area contributed by atoms with Gasteiger partial charge in [-0.15, -0.1) is 0 Å². The number of aliphatic hydroxyl groups is 1. The normalized spacial score (nSPS) is 16.9. The summed E-state index contributed by atoms with van der Waals surface area (Å²) in [6, 6.07) is -1.06. The van der Waals surface area contributed by atoms with E-state index in [0.29, 0.717) is 0 Å². The van der Waals surface area contributed by atoms with Gasteiger partial charge >= 0.3 is 0 Å². The van der Waals surface area contributed by atoms with Gasteiger partial charge in [0.1, 0.15) is 18.4 Å². The van der Waals surface area contributed by atoms with Crippen LogP contribution in [0.4, 0.5) is 0 Å². The number of rotatable bonds is 18. The van der Waals surface area contributed by atoms with Crippen molar-refractivity contribution in [1.29, 1.82) is 0 Å². The van der Waals surface area contributed by atoms with Crippen LogP contribution in [0.15, 0.2) is 0 Å². The van der Waals surface area contributed by atoms with Gasteiger partial charge in [-0.3, -0.25) is 33.7 Å². The zero-order chi connectivity index (χ0) is 28.0. The Morgan fingerprint density at radius 1 is 1.19 bits per heavy atom. The quantitative estimate of drug-likeness (QED) is 0.0663. The van der Waals surface area contributed by atoms with Crippen LogP contribution in [0.25, 0.3) is 0 Å². The predicted molar refractivity (Wildman–Crippen MR) is 133 cm³/mol. The van der Waals surface area contributed by atoms with Crippen LogP contribution in [0.2, 0.25) is 0 Å². The average molecular weight is 548 g/mol. The number of hydrogen-bond acceptors (Lipinski definition) is 11. The van der Waals surface area contributed by atoms with Crippen molar-refractivity contribution in [2.45, 2.75) is 43.6 Å². The molecule has 5 N–H and O–H groups in total. The summed E-state index contributed by atoms with van der Waals surface area (Å²) in [5.41, 5.74) is 5.30. The zero-order valence-corrected chi connectivity index (χ0v) is 22.0. The van der Waals surface area contributed by atoms with E-state index in [1.54, 1.807) is 0 Å². The molecule has 0 bridgehead atoms. The van der Waals surface area contributed by atoms with E-state index in [4.69, 9.17) is 15.2 Å². The molecule has 5 amide bonds. The van der Waals surface area contributed by atoms with E-state index in [1.165, 1.54) is 14.0 Å². The van der Waals surface area contributed by atoms with E-state index < -0.39 is 35.1 Å². The maximum absolute atomic E-state index is 12.4. The molecule has 1 saturated heterocycles. The minimum Gasteiger partial charge on any atom is -0.390 e. The zero-order valence-electron chi connectivity index (χ0n) is 21.1. The molecule has 0 spiro atoms. The van der Waals surface area contributed by atoms with Gasteiger partial charge in [0.25, 0.3) is 0 Å². The summed E-state index contributed by atoms with van der Waals surface area (Å²) in [6.45, 7) is 1.41. The molecule has 210 valence electrons. The summed E-state index contributed by atoms with van der Waals surface area (Å²) in [6.07, 6.45) is -1.11. The third kappa shape index (κ3) is 12.0. The Bertz CT molecular complexity index is 828. The Hall–Kier alpha value is -2.59. The molecular weight excluding hydrogens is 510 g/mol. The van der Waals surface area contributed by atoms with Crippen LogP contribution >= 0.6 is 12.6 Å². The maximum Gasteiger partial charge on any atom is 0.249 e. The smallest absolute Gasteiger partial charge is 0.249 e. The predicted octanol–water partition coefficient (Wildman–Crippen LogP) is -3.17. The van der Waals surface area contributed by atoms with Crippen LogP contribution in [-0.4, -0.2) is 127 Å². The van der Waals surface area contributed by atoms with Crippen LogP contribution < -0.4 is 16.4 Å². The fraction of sp³-hybridized carbons (Fsp3) is 0.727. The summed E-state index contributed by atoms with van der Waals surface area (Å²) < 4.78 is 10.6. The lowest BCUT2D eigenvalue weighted by molar-refractivity contribution is -0.144. The fourth-order valence-corrected chi connectivity index (χ4v) is 3.51. The molecule has 0 aliphatic carbocycles. The van der Waals surface area contributed by atoms with Crippen molar-refractivity contribution in [1.82, 2.24) is 20.4 Å². The van der Waals surface area contributed by atoms with Gasteiger partial charge in [0.05, 0.1) is 31.2 Å². The van der Waals surface area contributed by atoms with Crippen LogP contribution in [-0.2, 0) is 38.2 Å². The molecular formula is C22H37N5O9S. The molecule has 37 heavy (non-hydrogen) atoms. The lowest BCUT2D eigenvalue weighted by atomic mass is 10.1. The molecule has 3 unspecified atom stereocenters. The number of carbonyl (C=O) groups excluding carboxylic acids is 6. The number of nitrogens with zero attached hydrogens (tertiary/aromatic N) is 2. The Kier molecular flexibility index (Phi) is 14.9. The molecule has 0 saturated carbocycles. The van der Waals surface area contributed by atoms with Gasteiger partial charge in [-0.1, -0.05) is 0 Å². The average Bonchev–Trinajstić information content (AvgIpc) is 3.10. The van der Waals surface area contributed by atoms with E-state index in [9.17, 15) is 33.9 Å². The van der Waals surface area contributed by atoms with Gasteiger partial charge in [0.2, 0.25) is 29.5 Å². The van der Waals surface area contributed by atoms with Crippen molar-refractivity contribution in [3.05, 3.63) is 0 Å². The first-order valence-electron chi connectivity index (χ1n) is 11.8. The number of likely N-dealkylation sites (tertiary alicyclic amines) is 1. The number of ketones is 1. The highest BCUT2D eigenvalue weighted by molar-refractivity contribution is 7.81. The number of nitrogens with two attached hydrogens (primary N) is 1. The van der Waals surface area contributed by atoms with Crippen LogP contribution in [0.3, 0.4) is 0 Å². The Morgan fingerprint density at radius 2 is 1.86 bits per heavy atom. The van der Waals surface area contributed by atoms with Gasteiger partial charge in [0.15, 0.2) is 0 Å². The molecule has 1 rings (SSSR count). The first-order valence-corrected chi connectivity index (χ1v) is 12.3. The first kappa shape index (κ1) is 32.4. The monoisotopic (exact) mass is 547 g/mol. The number of ether oxygens (including phenoxy) is 2. The number of aliphatic hydroxyl groups excluding tert-OH is 1. The lowest BCUT2D eigenvalue weighted by Gasteiger charge is -2.27. The van der Waals surface area contributed by atoms with Crippen molar-refractivity contribution in [3.8, 4) is 0 Å². The lowest BCUT2D eigenvalue weighted by Crippen LogP contribution is -2.51. The summed E-state index contributed by atoms with van der Waals surface area (Å²) in [4.78, 5) is 73.7. The minimum absolute atomic E-state index is 0.00230. The number of imide groups is 1. The molecule has 1 fully saturated rings. The second kappa shape index (κ2) is 17.0. The summed E-state index contributed by atoms with van der Waals surface area (Å²) in [5.74, 6) is -2.47. The van der Waals surface area contributed by atoms with Gasteiger partial charge < -0.3 is 35.8 Å². The Labute approximate surface area is 221 Å². The third-order valence-corrected chi connectivity index (χ3v) is 5.78. The topological polar surface area (TPSA) is 198 Å². The number of nitrogens with one attached hydrogen (secondary N) is 2. The van der Waals surface area contributed by atoms with E-state index in [1.807, 2.05) is 0 Å². The highest BCUT2D eigenvalue weighted by atomic mass is 32.1. The SMILES string of the molecule is CC(=O)CC(C(=O)NCC(O)CN)N(C)C(=O)COCCOCCNC(=O)CCN1C(=O)CC(S)C1=O. The standard InChI is InChI=1S/C22H37N5O9S/c1-14(28)9-16(21(33)25-12-15(29)11-23)26(2)20(32)13-36-8-7-35-6-4-24-18(30)3-5-27-19(31)10-17(37)22(27)34/h15-17,29,37H,3-13,23H2,1-2H3,(H,24,30)(H,25,33). The molecule has 3 atom stereocenters. The van der Waals surface area contributed by atoms with Crippen LogP contribution in [0.5, 0.6) is 0 Å². The second-order valence-electron chi connectivity index (χ2n) is 8.43. The summed E-state index contributed by atoms with van der Waals surface area (Å²) in [7, 11) is 1.38. The molecule has 14 nitrogen and oxygen atoms in total. The van der Waals surface area contributed by atoms with E-state index in [0.717, 1.165) is 9.80 Å². The largest absolute Gasteiger partial charge is 0.390 e. The first-order chi connectivity index (χ1) is 17.5. The van der Waals surface area contributed by atoms with Crippen molar-refractivity contribution >= 4 is 47.9 Å². The molecule has 1 aliphatic rings. The highest BCUT2D eigenvalue weighted by Gasteiger charge is 2.36. The van der Waals surface area contributed by atoms with Gasteiger partial charge in [-0.05, 0) is 6.92 Å². The molecule has 0 aromatic carbocycles. The van der Waals surface area contributed by atoms with Crippen LogP contribution in [0.1, 0.15) is 26.2 Å². The maximum atomic E-state index is 12.4. The Balaban J connectivity index is 2.22. The van der Waals surface area contributed by atoms with Crippen molar-refractivity contribution in [2.75, 3.05) is 59.7 Å². The van der Waals surface area contributed by atoms with E-state index in [-0.39, 0.29) is 89.5 Å². The molecule has 0 aromatic heterocycles. The van der Waals surface area contributed by atoms with E-state index >= 15 is 0 Å². The second-order valence-corrected chi connectivity index (χ2v) is 9.05. The third-order valence-electron chi connectivity index (χ3n) is 5.38. The molecule has 1 aliphatic heterocycles. The number of likely N-dealkylation sites (N-methyl/N-ethyl adjacent to an activating group) is 1. The van der Waals surface area contributed by atoms with E-state index in [2.05, 4.69) is 23.3 Å². The number of amides is 5. The minimum atomic E-state index is -1.06. The molecule has 15 heteroatoms. The Morgan fingerprint density at radius 3 is 2.46 bits per heavy atom. The fourth-order valence-electron chi connectivity index (χ4n) is 3.22. The number of hydrogen-bond donors (Lipinski definition) is 5. The molecule has 0 aromatic rings. The van der Waals surface area contributed by atoms with Gasteiger partial charge in [-0.25, -0.2) is 0 Å². The molecule has 1 heterocycles. The molecule has 0 radical (unpaired) electrons. The number of carbonyl (C=O) groups is 6. The number of Topliss-reactive ketones (excluding diaryl/α,β-unsaturated/α-hetero) is 1. The van der Waals surface area contributed by atoms with Gasteiger partial charge in [0, 0.05) is 52.5 Å².